The highest BCUT2D eigenvalue weighted by molar-refractivity contribution is 4.95. The Morgan fingerprint density at radius 2 is 2.17 bits per heavy atom. The third kappa shape index (κ3) is 0.117. The van der Waals surface area contributed by atoms with Crippen LogP contribution < -0.4 is 5.73 Å². The summed E-state index contributed by atoms with van der Waals surface area (Å²) in [5, 5.41) is 0. The lowest BCUT2D eigenvalue weighted by Crippen LogP contribution is -2.25. The zero-order chi connectivity index (χ0) is 4.36. The average molecular weight is 85.1 g/mol. The SMILES string of the molecule is C[N+]12CC1C2N. The summed E-state index contributed by atoms with van der Waals surface area (Å²) in [6, 6.07) is 0.880. The Bertz CT molecular complexity index is 95.7. The molecule has 0 spiro atoms. The molecule has 3 unspecified atom stereocenters. The first-order valence-corrected chi connectivity index (χ1v) is 2.35. The van der Waals surface area contributed by atoms with Crippen molar-refractivity contribution < 1.29 is 4.48 Å². The Labute approximate surface area is 37.1 Å². The molecule has 6 heavy (non-hydrogen) atoms. The van der Waals surface area contributed by atoms with Gasteiger partial charge in [-0.2, -0.15) is 0 Å². The number of likely N-dealkylation sites (N-methyl/N-ethyl adjacent to an activating group) is 1. The molecule has 0 aromatic heterocycles. The first-order chi connectivity index (χ1) is 2.75. The van der Waals surface area contributed by atoms with Crippen LogP contribution in [0.4, 0.5) is 0 Å². The molecule has 2 heteroatoms. The van der Waals surface area contributed by atoms with Crippen LogP contribution in [0.1, 0.15) is 0 Å². The van der Waals surface area contributed by atoms with Crippen LogP contribution in [0.5, 0.6) is 0 Å². The smallest absolute Gasteiger partial charge is 0.207 e. The summed E-state index contributed by atoms with van der Waals surface area (Å²) in [6.45, 7) is 1.35. The highest BCUT2D eigenvalue weighted by Crippen LogP contribution is 2.49. The predicted molar refractivity (Wildman–Crippen MR) is 22.8 cm³/mol. The van der Waals surface area contributed by atoms with E-state index in [1.807, 2.05) is 0 Å². The lowest BCUT2D eigenvalue weighted by Gasteiger charge is -1.94. The number of quaternary nitrogens is 1. The van der Waals surface area contributed by atoms with Gasteiger partial charge in [0, 0.05) is 0 Å². The van der Waals surface area contributed by atoms with Crippen molar-refractivity contribution in [1.29, 1.82) is 0 Å². The van der Waals surface area contributed by atoms with Gasteiger partial charge in [0.15, 0.2) is 6.17 Å². The van der Waals surface area contributed by atoms with Gasteiger partial charge in [0.1, 0.15) is 6.54 Å². The Kier molecular flexibility index (Phi) is 0.226. The van der Waals surface area contributed by atoms with Crippen molar-refractivity contribution in [3.05, 3.63) is 0 Å². The largest absolute Gasteiger partial charge is 0.288 e. The number of hydrogen-bond donors (Lipinski definition) is 1. The number of nitrogens with zero attached hydrogens (tertiary/aromatic N) is 1. The molecule has 0 aliphatic carbocycles. The van der Waals surface area contributed by atoms with Crippen LogP contribution in [-0.2, 0) is 0 Å². The van der Waals surface area contributed by atoms with E-state index in [4.69, 9.17) is 5.73 Å². The molecule has 2 heterocycles. The van der Waals surface area contributed by atoms with Crippen molar-refractivity contribution in [2.75, 3.05) is 13.6 Å². The number of rotatable bonds is 0. The van der Waals surface area contributed by atoms with E-state index >= 15 is 0 Å². The molecule has 0 bridgehead atoms. The number of nitrogens with two attached hydrogens (primary N) is 1. The van der Waals surface area contributed by atoms with Gasteiger partial charge in [0.2, 0.25) is 6.04 Å². The highest BCUT2D eigenvalue weighted by atomic mass is 15.7. The standard InChI is InChI=1S/C4H9N2/c1-6-2-3(6)4(6)5/h3-4H,2,5H2,1H3/q+1. The lowest BCUT2D eigenvalue weighted by atomic mass is 10.5. The van der Waals surface area contributed by atoms with Crippen molar-refractivity contribution in [2.45, 2.75) is 12.2 Å². The minimum absolute atomic E-state index is 0.532. The Balaban J connectivity index is 2.23. The predicted octanol–water partition coefficient (Wildman–Crippen LogP) is -0.886. The molecular formula is C4H9N2+. The van der Waals surface area contributed by atoms with Crippen LogP contribution in [0.15, 0.2) is 0 Å². The summed E-state index contributed by atoms with van der Waals surface area (Å²) < 4.78 is 1.18. The monoisotopic (exact) mass is 85.1 g/mol. The van der Waals surface area contributed by atoms with Crippen LogP contribution in [0, 0.1) is 0 Å². The van der Waals surface area contributed by atoms with Crippen LogP contribution in [0.25, 0.3) is 0 Å². The van der Waals surface area contributed by atoms with Gasteiger partial charge < -0.3 is 0 Å². The fraction of sp³-hybridized carbons (Fsp3) is 1.00. The van der Waals surface area contributed by atoms with E-state index in [0.29, 0.717) is 6.17 Å². The van der Waals surface area contributed by atoms with E-state index < -0.39 is 0 Å². The van der Waals surface area contributed by atoms with Crippen LogP contribution in [0.3, 0.4) is 0 Å². The van der Waals surface area contributed by atoms with Crippen molar-refractivity contribution >= 4 is 0 Å². The molecule has 3 atom stereocenters. The maximum absolute atomic E-state index is 5.52. The minimum atomic E-state index is 0.532. The summed E-state index contributed by atoms with van der Waals surface area (Å²) in [6.07, 6.45) is 0.532. The molecule has 34 valence electrons. The molecule has 0 aromatic carbocycles. The van der Waals surface area contributed by atoms with E-state index in [1.54, 1.807) is 0 Å². The van der Waals surface area contributed by atoms with Gasteiger partial charge in [-0.3, -0.25) is 10.2 Å². The molecule has 2 fully saturated rings. The van der Waals surface area contributed by atoms with Gasteiger partial charge in [-0.1, -0.05) is 0 Å². The Morgan fingerprint density at radius 3 is 2.17 bits per heavy atom. The van der Waals surface area contributed by atoms with Gasteiger partial charge in [0.25, 0.3) is 0 Å². The van der Waals surface area contributed by atoms with Crippen molar-refractivity contribution in [1.82, 2.24) is 0 Å². The van der Waals surface area contributed by atoms with E-state index in [0.717, 1.165) is 6.04 Å². The van der Waals surface area contributed by atoms with Gasteiger partial charge >= 0.3 is 0 Å². The van der Waals surface area contributed by atoms with Gasteiger partial charge in [-0.25, -0.2) is 0 Å². The van der Waals surface area contributed by atoms with E-state index in [2.05, 4.69) is 7.05 Å². The number of fused-ring (bicyclic) bond motifs is 1. The third-order valence-corrected chi connectivity index (χ3v) is 2.19. The minimum Gasteiger partial charge on any atom is -0.288 e. The van der Waals surface area contributed by atoms with Gasteiger partial charge in [0.05, 0.1) is 7.05 Å². The Hall–Kier alpha value is -0.0800. The molecule has 2 nitrogen and oxygen atoms in total. The summed E-state index contributed by atoms with van der Waals surface area (Å²) in [7, 11) is 2.20. The van der Waals surface area contributed by atoms with E-state index in [-0.39, 0.29) is 0 Å². The van der Waals surface area contributed by atoms with Gasteiger partial charge in [-0.15, -0.1) is 0 Å². The quantitative estimate of drug-likeness (QED) is 0.300. The maximum atomic E-state index is 5.52. The topological polar surface area (TPSA) is 26.0 Å². The summed E-state index contributed by atoms with van der Waals surface area (Å²) in [5.41, 5.74) is 5.52. The van der Waals surface area contributed by atoms with E-state index in [1.165, 1.54) is 11.0 Å². The molecule has 0 saturated carbocycles. The molecule has 2 aliphatic heterocycles. The van der Waals surface area contributed by atoms with Crippen molar-refractivity contribution in [3.63, 3.8) is 0 Å². The second-order valence-corrected chi connectivity index (χ2v) is 2.59. The zero-order valence-electron chi connectivity index (χ0n) is 3.89. The summed E-state index contributed by atoms with van der Waals surface area (Å²) in [4.78, 5) is 0. The molecular weight excluding hydrogens is 76.1 g/mol. The first-order valence-electron chi connectivity index (χ1n) is 2.35. The second kappa shape index (κ2) is 0.453. The molecule has 2 rings (SSSR count). The lowest BCUT2D eigenvalue weighted by molar-refractivity contribution is -0.696. The van der Waals surface area contributed by atoms with Crippen molar-refractivity contribution in [3.8, 4) is 0 Å². The fourth-order valence-corrected chi connectivity index (χ4v) is 1.06. The molecule has 2 aliphatic rings. The molecule has 2 N–H and O–H groups in total. The summed E-state index contributed by atoms with van der Waals surface area (Å²) >= 11 is 0. The van der Waals surface area contributed by atoms with Crippen LogP contribution in [0.2, 0.25) is 0 Å². The Morgan fingerprint density at radius 1 is 1.83 bits per heavy atom. The van der Waals surface area contributed by atoms with Crippen molar-refractivity contribution in [2.24, 2.45) is 5.73 Å². The maximum Gasteiger partial charge on any atom is 0.207 e. The van der Waals surface area contributed by atoms with Crippen LogP contribution >= 0.6 is 0 Å². The molecule has 2 saturated heterocycles. The average Bonchev–Trinajstić information content (AvgIpc) is 2.24. The third-order valence-electron chi connectivity index (χ3n) is 2.19. The number of hydrogen-bond acceptors (Lipinski definition) is 1. The van der Waals surface area contributed by atoms with Gasteiger partial charge in [-0.05, 0) is 0 Å². The fourth-order valence-electron chi connectivity index (χ4n) is 1.06. The van der Waals surface area contributed by atoms with E-state index in [9.17, 15) is 0 Å². The second-order valence-electron chi connectivity index (χ2n) is 2.59. The normalized spacial score (nSPS) is 73.0. The summed E-state index contributed by atoms with van der Waals surface area (Å²) in [5.74, 6) is 0. The molecule has 0 radical (unpaired) electrons. The molecule has 0 aromatic rings. The molecule has 0 amide bonds. The zero-order valence-corrected chi connectivity index (χ0v) is 3.89. The van der Waals surface area contributed by atoms with Crippen LogP contribution in [-0.4, -0.2) is 30.3 Å². The highest BCUT2D eigenvalue weighted by Gasteiger charge is 2.79. The first kappa shape index (κ1) is 2.99.